The van der Waals surface area contributed by atoms with Gasteiger partial charge in [-0.2, -0.15) is 0 Å². The van der Waals surface area contributed by atoms with Gasteiger partial charge >= 0.3 is 0 Å². The van der Waals surface area contributed by atoms with Gasteiger partial charge in [0.1, 0.15) is 0 Å². The van der Waals surface area contributed by atoms with E-state index in [1.54, 1.807) is 0 Å². The zero-order valence-electron chi connectivity index (χ0n) is 11.6. The van der Waals surface area contributed by atoms with Crippen molar-refractivity contribution in [3.05, 3.63) is 83.0 Å². The van der Waals surface area contributed by atoms with Crippen molar-refractivity contribution in [1.29, 1.82) is 0 Å². The van der Waals surface area contributed by atoms with Gasteiger partial charge in [-0.15, -0.1) is 0 Å². The SMILES string of the molecule is C=CC1=Cc2ccc(C)c3cccc(c23)C2=C1CC=C2. The van der Waals surface area contributed by atoms with E-state index in [4.69, 9.17) is 0 Å². The van der Waals surface area contributed by atoms with Crippen LogP contribution in [0.4, 0.5) is 0 Å². The molecule has 0 amide bonds. The Hall–Kier alpha value is -2.34. The summed E-state index contributed by atoms with van der Waals surface area (Å²) >= 11 is 0. The number of benzene rings is 2. The molecular weight excluding hydrogens is 240 g/mol. The maximum atomic E-state index is 4.00. The van der Waals surface area contributed by atoms with Crippen molar-refractivity contribution in [2.24, 2.45) is 0 Å². The van der Waals surface area contributed by atoms with E-state index in [-0.39, 0.29) is 0 Å². The highest BCUT2D eigenvalue weighted by Gasteiger charge is 2.20. The lowest BCUT2D eigenvalue weighted by molar-refractivity contribution is 1.30. The highest BCUT2D eigenvalue weighted by Crippen LogP contribution is 2.41. The molecule has 0 bridgehead atoms. The van der Waals surface area contributed by atoms with Crippen LogP contribution in [0.15, 0.2) is 66.3 Å². The number of aryl methyl sites for hydroxylation is 1. The summed E-state index contributed by atoms with van der Waals surface area (Å²) in [6, 6.07) is 11.1. The van der Waals surface area contributed by atoms with Crippen LogP contribution in [0.5, 0.6) is 0 Å². The smallest absolute Gasteiger partial charge is 0.00299 e. The van der Waals surface area contributed by atoms with Crippen LogP contribution in [-0.2, 0) is 0 Å². The van der Waals surface area contributed by atoms with Gasteiger partial charge in [-0.05, 0) is 63.6 Å². The van der Waals surface area contributed by atoms with E-state index in [2.05, 4.69) is 62.1 Å². The van der Waals surface area contributed by atoms with E-state index in [9.17, 15) is 0 Å². The second-order valence-corrected chi connectivity index (χ2v) is 5.50. The van der Waals surface area contributed by atoms with Gasteiger partial charge in [-0.3, -0.25) is 0 Å². The summed E-state index contributed by atoms with van der Waals surface area (Å²) in [5, 5.41) is 2.73. The first-order valence-electron chi connectivity index (χ1n) is 7.06. The topological polar surface area (TPSA) is 0 Å². The Balaban J connectivity index is 2.22. The summed E-state index contributed by atoms with van der Waals surface area (Å²) in [5.74, 6) is 0. The Labute approximate surface area is 119 Å². The molecular formula is C20H16. The molecule has 0 aromatic heterocycles. The van der Waals surface area contributed by atoms with Gasteiger partial charge < -0.3 is 0 Å². The molecule has 0 fully saturated rings. The molecule has 0 heteroatoms. The van der Waals surface area contributed by atoms with Crippen LogP contribution in [0.3, 0.4) is 0 Å². The van der Waals surface area contributed by atoms with Crippen molar-refractivity contribution in [3.63, 3.8) is 0 Å². The lowest BCUT2D eigenvalue weighted by Gasteiger charge is -2.11. The normalized spacial score (nSPS) is 16.1. The van der Waals surface area contributed by atoms with Gasteiger partial charge in [0.05, 0.1) is 0 Å². The van der Waals surface area contributed by atoms with Gasteiger partial charge in [-0.25, -0.2) is 0 Å². The van der Waals surface area contributed by atoms with Crippen molar-refractivity contribution < 1.29 is 0 Å². The van der Waals surface area contributed by atoms with Crippen LogP contribution in [0.25, 0.3) is 22.4 Å². The zero-order valence-corrected chi connectivity index (χ0v) is 11.6. The molecule has 0 aliphatic heterocycles. The maximum absolute atomic E-state index is 4.00. The molecule has 2 aromatic carbocycles. The van der Waals surface area contributed by atoms with E-state index in [0.29, 0.717) is 0 Å². The fourth-order valence-electron chi connectivity index (χ4n) is 3.39. The molecule has 2 aliphatic carbocycles. The summed E-state index contributed by atoms with van der Waals surface area (Å²) < 4.78 is 0. The monoisotopic (exact) mass is 256 g/mol. The number of allylic oxidation sites excluding steroid dienone is 6. The summed E-state index contributed by atoms with van der Waals surface area (Å²) in [7, 11) is 0. The molecule has 96 valence electrons. The third kappa shape index (κ3) is 1.42. The minimum Gasteiger partial charge on any atom is -0.0985 e. The zero-order chi connectivity index (χ0) is 13.7. The van der Waals surface area contributed by atoms with Crippen LogP contribution in [0.1, 0.15) is 23.1 Å². The first-order valence-corrected chi connectivity index (χ1v) is 7.06. The Kier molecular flexibility index (Phi) is 2.34. The van der Waals surface area contributed by atoms with Gasteiger partial charge in [0.2, 0.25) is 0 Å². The number of rotatable bonds is 1. The fraction of sp³-hybridized carbons (Fsp3) is 0.100. The van der Waals surface area contributed by atoms with Crippen molar-refractivity contribution >= 4 is 22.4 Å². The van der Waals surface area contributed by atoms with Crippen molar-refractivity contribution in [2.45, 2.75) is 13.3 Å². The van der Waals surface area contributed by atoms with E-state index >= 15 is 0 Å². The molecule has 0 N–H and O–H groups in total. The minimum atomic E-state index is 1.01. The van der Waals surface area contributed by atoms with E-state index in [1.807, 2.05) is 6.08 Å². The average Bonchev–Trinajstić information content (AvgIpc) is 2.91. The molecule has 0 radical (unpaired) electrons. The summed E-state index contributed by atoms with van der Waals surface area (Å²) in [6.07, 6.45) is 9.80. The van der Waals surface area contributed by atoms with E-state index < -0.39 is 0 Å². The number of fused-ring (bicyclic) bond motifs is 1. The Morgan fingerprint density at radius 3 is 2.90 bits per heavy atom. The molecule has 2 aromatic rings. The van der Waals surface area contributed by atoms with Gasteiger partial charge in [0.25, 0.3) is 0 Å². The quantitative estimate of drug-likeness (QED) is 0.637. The lowest BCUT2D eigenvalue weighted by atomic mass is 9.93. The second kappa shape index (κ2) is 4.08. The number of hydrogen-bond donors (Lipinski definition) is 0. The molecule has 0 saturated carbocycles. The van der Waals surface area contributed by atoms with Crippen LogP contribution in [0.2, 0.25) is 0 Å². The maximum Gasteiger partial charge on any atom is -0.00299 e. The Morgan fingerprint density at radius 1 is 1.15 bits per heavy atom. The number of hydrogen-bond acceptors (Lipinski definition) is 0. The molecule has 0 saturated heterocycles. The summed E-state index contributed by atoms with van der Waals surface area (Å²) in [4.78, 5) is 0. The summed E-state index contributed by atoms with van der Waals surface area (Å²) in [5.41, 5.74) is 8.03. The molecule has 0 nitrogen and oxygen atoms in total. The first-order chi connectivity index (χ1) is 9.79. The summed E-state index contributed by atoms with van der Waals surface area (Å²) in [6.45, 7) is 6.19. The van der Waals surface area contributed by atoms with Crippen LogP contribution < -0.4 is 0 Å². The highest BCUT2D eigenvalue weighted by molar-refractivity contribution is 6.06. The van der Waals surface area contributed by atoms with Crippen molar-refractivity contribution in [3.8, 4) is 0 Å². The average molecular weight is 256 g/mol. The standard InChI is InChI=1S/C20H16/c1-3-14-12-15-11-10-13(2)16-6-4-9-19(20(15)16)18-8-5-7-17(14)18/h3-6,8-12H,1,7H2,2H3. The molecule has 2 aliphatic rings. The van der Waals surface area contributed by atoms with Gasteiger partial charge in [0.15, 0.2) is 0 Å². The highest BCUT2D eigenvalue weighted by atomic mass is 14.2. The van der Waals surface area contributed by atoms with Crippen LogP contribution in [0, 0.1) is 6.92 Å². The molecule has 0 atom stereocenters. The lowest BCUT2D eigenvalue weighted by Crippen LogP contribution is -1.88. The predicted octanol–water partition coefficient (Wildman–Crippen LogP) is 5.44. The van der Waals surface area contributed by atoms with E-state index in [1.165, 1.54) is 44.2 Å². The fourth-order valence-corrected chi connectivity index (χ4v) is 3.39. The predicted molar refractivity (Wildman–Crippen MR) is 87.5 cm³/mol. The third-order valence-electron chi connectivity index (χ3n) is 4.39. The minimum absolute atomic E-state index is 1.01. The molecule has 4 rings (SSSR count). The van der Waals surface area contributed by atoms with Crippen LogP contribution in [-0.4, -0.2) is 0 Å². The second-order valence-electron chi connectivity index (χ2n) is 5.50. The molecule has 20 heavy (non-hydrogen) atoms. The first kappa shape index (κ1) is 11.5. The van der Waals surface area contributed by atoms with Crippen molar-refractivity contribution in [1.82, 2.24) is 0 Å². The molecule has 0 unspecified atom stereocenters. The molecule has 0 spiro atoms. The van der Waals surface area contributed by atoms with Crippen molar-refractivity contribution in [2.75, 3.05) is 0 Å². The van der Waals surface area contributed by atoms with Crippen LogP contribution >= 0.6 is 0 Å². The largest absolute Gasteiger partial charge is 0.0985 e. The Morgan fingerprint density at radius 2 is 2.05 bits per heavy atom. The van der Waals surface area contributed by atoms with E-state index in [0.717, 1.165) is 6.42 Å². The van der Waals surface area contributed by atoms with Gasteiger partial charge in [0, 0.05) is 0 Å². The Bertz CT molecular complexity index is 842. The third-order valence-corrected chi connectivity index (χ3v) is 4.39. The molecule has 0 heterocycles. The van der Waals surface area contributed by atoms with Gasteiger partial charge in [-0.1, -0.05) is 55.1 Å².